The van der Waals surface area contributed by atoms with Crippen molar-refractivity contribution in [1.82, 2.24) is 15.8 Å². The first kappa shape index (κ1) is 14.0. The number of hydrogen-bond acceptors (Lipinski definition) is 4. The summed E-state index contributed by atoms with van der Waals surface area (Å²) in [5, 5.41) is 0. The lowest BCUT2D eigenvalue weighted by atomic mass is 10.2. The van der Waals surface area contributed by atoms with Gasteiger partial charge in [0.25, 0.3) is 0 Å². The fourth-order valence-corrected chi connectivity index (χ4v) is 1.71. The number of hydrogen-bond donors (Lipinski definition) is 2. The molecule has 0 atom stereocenters. The fourth-order valence-electron chi connectivity index (χ4n) is 1.71. The van der Waals surface area contributed by atoms with Crippen molar-refractivity contribution in [2.75, 3.05) is 0 Å². The molecule has 0 saturated carbocycles. The highest BCUT2D eigenvalue weighted by atomic mass is 16.1. The molecule has 0 saturated heterocycles. The second-order valence-corrected chi connectivity index (χ2v) is 4.40. The molecular formula is C16H17N3O. The van der Waals surface area contributed by atoms with Crippen molar-refractivity contribution >= 4 is 5.78 Å². The first-order valence-electron chi connectivity index (χ1n) is 6.41. The van der Waals surface area contributed by atoms with E-state index >= 15 is 0 Å². The van der Waals surface area contributed by atoms with Crippen LogP contribution in [0.15, 0.2) is 66.6 Å². The summed E-state index contributed by atoms with van der Waals surface area (Å²) in [6.45, 7) is 2.53. The third kappa shape index (κ3) is 4.33. The highest BCUT2D eigenvalue weighted by molar-refractivity contribution is 6.04. The van der Waals surface area contributed by atoms with Gasteiger partial charge in [0.2, 0.25) is 0 Å². The van der Waals surface area contributed by atoms with Gasteiger partial charge in [0.1, 0.15) is 0 Å². The van der Waals surface area contributed by atoms with Gasteiger partial charge < -0.3 is 5.43 Å². The zero-order chi connectivity index (χ0) is 14.2. The topological polar surface area (TPSA) is 54.0 Å². The van der Waals surface area contributed by atoms with Crippen molar-refractivity contribution in [3.63, 3.8) is 0 Å². The van der Waals surface area contributed by atoms with Crippen LogP contribution in [0.3, 0.4) is 0 Å². The Balaban J connectivity index is 1.84. The van der Waals surface area contributed by atoms with Crippen LogP contribution in [-0.2, 0) is 6.54 Å². The SMILES string of the molecule is CC(=CC(=O)c1cccnc1)NNCc1ccccc1. The van der Waals surface area contributed by atoms with E-state index in [9.17, 15) is 4.79 Å². The quantitative estimate of drug-likeness (QED) is 0.479. The molecule has 0 spiro atoms. The summed E-state index contributed by atoms with van der Waals surface area (Å²) in [5.41, 5.74) is 8.59. The van der Waals surface area contributed by atoms with Crippen LogP contribution in [0.5, 0.6) is 0 Å². The molecule has 0 unspecified atom stereocenters. The first-order chi connectivity index (χ1) is 9.75. The predicted molar refractivity (Wildman–Crippen MR) is 78.7 cm³/mol. The maximum Gasteiger partial charge on any atom is 0.189 e. The maximum absolute atomic E-state index is 11.9. The summed E-state index contributed by atoms with van der Waals surface area (Å²) < 4.78 is 0. The van der Waals surface area contributed by atoms with Gasteiger partial charge in [-0.3, -0.25) is 9.78 Å². The van der Waals surface area contributed by atoms with Crippen molar-refractivity contribution in [1.29, 1.82) is 0 Å². The number of benzene rings is 1. The van der Waals surface area contributed by atoms with Crippen molar-refractivity contribution in [3.05, 3.63) is 77.8 Å². The average molecular weight is 267 g/mol. The number of allylic oxidation sites excluding steroid dienone is 2. The van der Waals surface area contributed by atoms with E-state index in [1.165, 1.54) is 5.56 Å². The monoisotopic (exact) mass is 267 g/mol. The highest BCUT2D eigenvalue weighted by Crippen LogP contribution is 2.01. The van der Waals surface area contributed by atoms with Gasteiger partial charge in [0, 0.05) is 36.3 Å². The van der Waals surface area contributed by atoms with Crippen LogP contribution in [0.2, 0.25) is 0 Å². The van der Waals surface area contributed by atoms with E-state index in [2.05, 4.69) is 15.8 Å². The molecule has 4 nitrogen and oxygen atoms in total. The van der Waals surface area contributed by atoms with Crippen LogP contribution in [0.1, 0.15) is 22.8 Å². The minimum absolute atomic E-state index is 0.0652. The second kappa shape index (κ2) is 7.21. The van der Waals surface area contributed by atoms with Gasteiger partial charge in [-0.1, -0.05) is 30.3 Å². The summed E-state index contributed by atoms with van der Waals surface area (Å²) in [5.74, 6) is -0.0652. The van der Waals surface area contributed by atoms with Gasteiger partial charge in [-0.25, -0.2) is 5.43 Å². The first-order valence-corrected chi connectivity index (χ1v) is 6.41. The Labute approximate surface area is 118 Å². The Hall–Kier alpha value is -2.46. The molecule has 2 N–H and O–H groups in total. The molecule has 0 bridgehead atoms. The van der Waals surface area contributed by atoms with Gasteiger partial charge in [0.15, 0.2) is 5.78 Å². The van der Waals surface area contributed by atoms with Gasteiger partial charge >= 0.3 is 0 Å². The number of pyridine rings is 1. The highest BCUT2D eigenvalue weighted by Gasteiger charge is 2.02. The van der Waals surface area contributed by atoms with Crippen LogP contribution in [0, 0.1) is 0 Å². The summed E-state index contributed by atoms with van der Waals surface area (Å²) in [7, 11) is 0. The molecule has 2 aromatic rings. The molecule has 0 radical (unpaired) electrons. The third-order valence-electron chi connectivity index (χ3n) is 2.71. The number of hydrazine groups is 1. The number of nitrogens with zero attached hydrogens (tertiary/aromatic N) is 1. The molecule has 4 heteroatoms. The lowest BCUT2D eigenvalue weighted by Gasteiger charge is -2.08. The standard InChI is InChI=1S/C16H17N3O/c1-13(10-16(20)15-8-5-9-17-12-15)19-18-11-14-6-3-2-4-7-14/h2-10,12,18-19H,11H2,1H3. The molecule has 0 fully saturated rings. The summed E-state index contributed by atoms with van der Waals surface area (Å²) in [6.07, 6.45) is 4.76. The van der Waals surface area contributed by atoms with Crippen molar-refractivity contribution < 1.29 is 4.79 Å². The van der Waals surface area contributed by atoms with E-state index in [1.807, 2.05) is 37.3 Å². The average Bonchev–Trinajstić information content (AvgIpc) is 2.49. The molecular weight excluding hydrogens is 250 g/mol. The van der Waals surface area contributed by atoms with Gasteiger partial charge in [-0.2, -0.15) is 0 Å². The van der Waals surface area contributed by atoms with Gasteiger partial charge in [-0.15, -0.1) is 0 Å². The Morgan fingerprint density at radius 3 is 2.70 bits per heavy atom. The van der Waals surface area contributed by atoms with E-state index in [0.29, 0.717) is 12.1 Å². The summed E-state index contributed by atoms with van der Waals surface area (Å²) in [6, 6.07) is 13.5. The molecule has 0 amide bonds. The predicted octanol–water partition coefficient (Wildman–Crippen LogP) is 2.46. The maximum atomic E-state index is 11.9. The molecule has 102 valence electrons. The van der Waals surface area contributed by atoms with Gasteiger partial charge in [-0.05, 0) is 24.6 Å². The smallest absolute Gasteiger partial charge is 0.189 e. The number of nitrogens with one attached hydrogen (secondary N) is 2. The second-order valence-electron chi connectivity index (χ2n) is 4.40. The van der Waals surface area contributed by atoms with E-state index in [0.717, 1.165) is 5.70 Å². The molecule has 2 rings (SSSR count). The Morgan fingerprint density at radius 2 is 2.00 bits per heavy atom. The zero-order valence-electron chi connectivity index (χ0n) is 11.3. The van der Waals surface area contributed by atoms with Crippen LogP contribution in [0.4, 0.5) is 0 Å². The van der Waals surface area contributed by atoms with E-state index < -0.39 is 0 Å². The Morgan fingerprint density at radius 1 is 1.20 bits per heavy atom. The number of carbonyl (C=O) groups is 1. The van der Waals surface area contributed by atoms with E-state index in [1.54, 1.807) is 30.6 Å². The molecule has 0 aliphatic carbocycles. The van der Waals surface area contributed by atoms with Crippen LogP contribution in [0.25, 0.3) is 0 Å². The molecule has 0 aliphatic rings. The van der Waals surface area contributed by atoms with E-state index in [4.69, 9.17) is 0 Å². The fraction of sp³-hybridized carbons (Fsp3) is 0.125. The molecule has 0 aliphatic heterocycles. The largest absolute Gasteiger partial charge is 0.325 e. The minimum Gasteiger partial charge on any atom is -0.325 e. The number of aromatic nitrogens is 1. The van der Waals surface area contributed by atoms with Gasteiger partial charge in [0.05, 0.1) is 0 Å². The zero-order valence-corrected chi connectivity index (χ0v) is 11.3. The van der Waals surface area contributed by atoms with Crippen LogP contribution in [-0.4, -0.2) is 10.8 Å². The number of carbonyl (C=O) groups excluding carboxylic acids is 1. The van der Waals surface area contributed by atoms with Crippen molar-refractivity contribution in [3.8, 4) is 0 Å². The van der Waals surface area contributed by atoms with Crippen molar-refractivity contribution in [2.45, 2.75) is 13.5 Å². The van der Waals surface area contributed by atoms with Crippen LogP contribution >= 0.6 is 0 Å². The van der Waals surface area contributed by atoms with E-state index in [-0.39, 0.29) is 5.78 Å². The van der Waals surface area contributed by atoms with Crippen molar-refractivity contribution in [2.24, 2.45) is 0 Å². The lowest BCUT2D eigenvalue weighted by Crippen LogP contribution is -2.29. The molecule has 20 heavy (non-hydrogen) atoms. The molecule has 1 aromatic carbocycles. The lowest BCUT2D eigenvalue weighted by molar-refractivity contribution is 0.104. The van der Waals surface area contributed by atoms with Crippen LogP contribution < -0.4 is 10.9 Å². The Bertz CT molecular complexity index is 579. The normalized spacial score (nSPS) is 11.2. The summed E-state index contributed by atoms with van der Waals surface area (Å²) in [4.78, 5) is 15.8. The third-order valence-corrected chi connectivity index (χ3v) is 2.71. The minimum atomic E-state index is -0.0652. The Kier molecular flexibility index (Phi) is 5.03. The summed E-state index contributed by atoms with van der Waals surface area (Å²) >= 11 is 0. The number of rotatable bonds is 6. The molecule has 1 heterocycles. The molecule has 1 aromatic heterocycles. The number of ketones is 1.